The molecule has 0 amide bonds. The number of nitrogen functional groups attached to an aromatic ring is 1. The Morgan fingerprint density at radius 1 is 1.75 bits per heavy atom. The molecular formula is C8H14IN3. The number of rotatable bonds is 3. The van der Waals surface area contributed by atoms with Gasteiger partial charge in [-0.3, -0.25) is 0 Å². The highest BCUT2D eigenvalue weighted by Gasteiger charge is 2.08. The minimum Gasteiger partial charge on any atom is -0.384 e. The fraction of sp³-hybridized carbons (Fsp3) is 0.625. The molecule has 0 bridgehead atoms. The van der Waals surface area contributed by atoms with Gasteiger partial charge in [-0.25, -0.2) is 4.68 Å². The van der Waals surface area contributed by atoms with E-state index in [1.54, 1.807) is 0 Å². The summed E-state index contributed by atoms with van der Waals surface area (Å²) in [6.07, 6.45) is 0.950. The number of hydrogen-bond acceptors (Lipinski definition) is 2. The topological polar surface area (TPSA) is 43.8 Å². The zero-order chi connectivity index (χ0) is 9.14. The van der Waals surface area contributed by atoms with E-state index < -0.39 is 0 Å². The van der Waals surface area contributed by atoms with E-state index in [9.17, 15) is 0 Å². The normalized spacial score (nSPS) is 13.2. The monoisotopic (exact) mass is 279 g/mol. The largest absolute Gasteiger partial charge is 0.384 e. The molecule has 0 aliphatic carbocycles. The average Bonchev–Trinajstić information content (AvgIpc) is 2.45. The predicted octanol–water partition coefficient (Wildman–Crippen LogP) is 2.02. The van der Waals surface area contributed by atoms with Crippen LogP contribution < -0.4 is 5.73 Å². The summed E-state index contributed by atoms with van der Waals surface area (Å²) in [5.74, 6) is 0.774. The highest BCUT2D eigenvalue weighted by molar-refractivity contribution is 14.1. The molecule has 0 fully saturated rings. The molecule has 2 N–H and O–H groups in total. The van der Waals surface area contributed by atoms with Crippen LogP contribution in [0, 0.1) is 0 Å². The SMILES string of the molecule is CCc1cc(N)n(C(C)CI)n1. The summed E-state index contributed by atoms with van der Waals surface area (Å²) in [4.78, 5) is 0. The van der Waals surface area contributed by atoms with E-state index in [1.807, 2.05) is 10.7 Å². The Bertz CT molecular complexity index is 257. The minimum atomic E-state index is 0.394. The van der Waals surface area contributed by atoms with Crippen molar-refractivity contribution in [1.82, 2.24) is 9.78 Å². The van der Waals surface area contributed by atoms with Crippen LogP contribution in [0.25, 0.3) is 0 Å². The van der Waals surface area contributed by atoms with Crippen LogP contribution in [0.2, 0.25) is 0 Å². The molecule has 68 valence electrons. The fourth-order valence-corrected chi connectivity index (χ4v) is 1.43. The highest BCUT2D eigenvalue weighted by atomic mass is 127. The van der Waals surface area contributed by atoms with E-state index in [0.29, 0.717) is 6.04 Å². The molecule has 0 spiro atoms. The number of alkyl halides is 1. The number of nitrogens with zero attached hydrogens (tertiary/aromatic N) is 2. The number of aryl methyl sites for hydroxylation is 1. The van der Waals surface area contributed by atoms with Crippen molar-refractivity contribution in [3.8, 4) is 0 Å². The lowest BCUT2D eigenvalue weighted by molar-refractivity contribution is 0.548. The smallest absolute Gasteiger partial charge is 0.122 e. The molecule has 1 heterocycles. The van der Waals surface area contributed by atoms with Gasteiger partial charge < -0.3 is 5.73 Å². The van der Waals surface area contributed by atoms with Gasteiger partial charge in [0.25, 0.3) is 0 Å². The second-order valence-electron chi connectivity index (χ2n) is 2.86. The van der Waals surface area contributed by atoms with Gasteiger partial charge in [-0.1, -0.05) is 29.5 Å². The van der Waals surface area contributed by atoms with Crippen molar-refractivity contribution in [2.45, 2.75) is 26.3 Å². The summed E-state index contributed by atoms with van der Waals surface area (Å²) in [6, 6.07) is 2.34. The van der Waals surface area contributed by atoms with E-state index in [0.717, 1.165) is 22.4 Å². The fourth-order valence-electron chi connectivity index (χ4n) is 1.05. The maximum Gasteiger partial charge on any atom is 0.122 e. The van der Waals surface area contributed by atoms with Crippen LogP contribution in [0.3, 0.4) is 0 Å². The van der Waals surface area contributed by atoms with E-state index >= 15 is 0 Å². The molecule has 1 unspecified atom stereocenters. The molecular weight excluding hydrogens is 265 g/mol. The standard InChI is InChI=1S/C8H14IN3/c1-3-7-4-8(10)12(11-7)6(2)5-9/h4,6H,3,5,10H2,1-2H3. The third-order valence-corrected chi connectivity index (χ3v) is 3.09. The van der Waals surface area contributed by atoms with Crippen molar-refractivity contribution in [2.24, 2.45) is 0 Å². The van der Waals surface area contributed by atoms with Gasteiger partial charge in [0.15, 0.2) is 0 Å². The second-order valence-corrected chi connectivity index (χ2v) is 3.74. The zero-order valence-electron chi connectivity index (χ0n) is 7.42. The quantitative estimate of drug-likeness (QED) is 0.679. The van der Waals surface area contributed by atoms with Crippen LogP contribution in [0.1, 0.15) is 25.6 Å². The third-order valence-electron chi connectivity index (χ3n) is 1.82. The van der Waals surface area contributed by atoms with Gasteiger partial charge in [0.1, 0.15) is 5.82 Å². The maximum atomic E-state index is 5.79. The summed E-state index contributed by atoms with van der Waals surface area (Å²) < 4.78 is 2.93. The number of hydrogen-bond donors (Lipinski definition) is 1. The average molecular weight is 279 g/mol. The zero-order valence-corrected chi connectivity index (χ0v) is 9.58. The molecule has 12 heavy (non-hydrogen) atoms. The molecule has 0 radical (unpaired) electrons. The van der Waals surface area contributed by atoms with E-state index in [2.05, 4.69) is 41.5 Å². The molecule has 0 aliphatic rings. The van der Waals surface area contributed by atoms with E-state index in [-0.39, 0.29) is 0 Å². The number of halogens is 1. The number of nitrogens with two attached hydrogens (primary N) is 1. The maximum absolute atomic E-state index is 5.79. The Hall–Kier alpha value is -0.260. The van der Waals surface area contributed by atoms with Gasteiger partial charge in [-0.2, -0.15) is 5.10 Å². The summed E-state index contributed by atoms with van der Waals surface area (Å²) in [5, 5.41) is 4.39. The lowest BCUT2D eigenvalue weighted by Crippen LogP contribution is -2.11. The second kappa shape index (κ2) is 4.11. The van der Waals surface area contributed by atoms with Crippen LogP contribution in [0.4, 0.5) is 5.82 Å². The summed E-state index contributed by atoms with van der Waals surface area (Å²) in [6.45, 7) is 4.20. The Kier molecular flexibility index (Phi) is 3.37. The van der Waals surface area contributed by atoms with Gasteiger partial charge in [0.05, 0.1) is 11.7 Å². The van der Waals surface area contributed by atoms with Crippen LogP contribution in [0.15, 0.2) is 6.07 Å². The predicted molar refractivity (Wildman–Crippen MR) is 59.6 cm³/mol. The first-order valence-corrected chi connectivity index (χ1v) is 5.61. The molecule has 1 rings (SSSR count). The molecule has 3 nitrogen and oxygen atoms in total. The van der Waals surface area contributed by atoms with E-state index in [4.69, 9.17) is 5.73 Å². The summed E-state index contributed by atoms with van der Waals surface area (Å²) in [7, 11) is 0. The van der Waals surface area contributed by atoms with Crippen LogP contribution in [-0.2, 0) is 6.42 Å². The summed E-state index contributed by atoms with van der Waals surface area (Å²) >= 11 is 2.34. The highest BCUT2D eigenvalue weighted by Crippen LogP contribution is 2.15. The lowest BCUT2D eigenvalue weighted by Gasteiger charge is -2.09. The molecule has 1 aromatic heterocycles. The molecule has 0 saturated heterocycles. The number of aromatic nitrogens is 2. The van der Waals surface area contributed by atoms with Crippen LogP contribution in [0.5, 0.6) is 0 Å². The Morgan fingerprint density at radius 3 is 2.83 bits per heavy atom. The molecule has 1 aromatic rings. The Labute approximate surface area is 86.5 Å². The van der Waals surface area contributed by atoms with Crippen molar-refractivity contribution in [1.29, 1.82) is 0 Å². The first-order valence-electron chi connectivity index (χ1n) is 4.08. The molecule has 0 saturated carbocycles. The minimum absolute atomic E-state index is 0.394. The van der Waals surface area contributed by atoms with Crippen molar-refractivity contribution in [2.75, 3.05) is 10.2 Å². The molecule has 4 heteroatoms. The van der Waals surface area contributed by atoms with Crippen molar-refractivity contribution in [3.05, 3.63) is 11.8 Å². The van der Waals surface area contributed by atoms with Crippen molar-refractivity contribution >= 4 is 28.4 Å². The van der Waals surface area contributed by atoms with Gasteiger partial charge in [0, 0.05) is 10.5 Å². The first kappa shape index (κ1) is 9.83. The van der Waals surface area contributed by atoms with Gasteiger partial charge >= 0.3 is 0 Å². The number of anilines is 1. The van der Waals surface area contributed by atoms with Crippen molar-refractivity contribution < 1.29 is 0 Å². The Balaban J connectivity index is 2.91. The first-order chi connectivity index (χ1) is 5.69. The summed E-state index contributed by atoms with van der Waals surface area (Å²) in [5.41, 5.74) is 6.86. The van der Waals surface area contributed by atoms with Crippen molar-refractivity contribution in [3.63, 3.8) is 0 Å². The lowest BCUT2D eigenvalue weighted by atomic mass is 10.3. The van der Waals surface area contributed by atoms with Crippen LogP contribution in [-0.4, -0.2) is 14.2 Å². The van der Waals surface area contributed by atoms with E-state index in [1.165, 1.54) is 0 Å². The third kappa shape index (κ3) is 1.91. The molecule has 0 aliphatic heterocycles. The Morgan fingerprint density at radius 2 is 2.42 bits per heavy atom. The molecule has 0 aromatic carbocycles. The van der Waals surface area contributed by atoms with Gasteiger partial charge in [0.2, 0.25) is 0 Å². The molecule has 1 atom stereocenters. The van der Waals surface area contributed by atoms with Crippen LogP contribution >= 0.6 is 22.6 Å². The van der Waals surface area contributed by atoms with Gasteiger partial charge in [-0.05, 0) is 13.3 Å². The van der Waals surface area contributed by atoms with Gasteiger partial charge in [-0.15, -0.1) is 0 Å².